The Bertz CT molecular complexity index is 596. The first-order valence-electron chi connectivity index (χ1n) is 6.87. The maximum Gasteiger partial charge on any atom is 0.220 e. The lowest BCUT2D eigenvalue weighted by Crippen LogP contribution is -2.22. The first-order valence-corrected chi connectivity index (χ1v) is 7.66. The minimum Gasteiger partial charge on any atom is -0.392 e. The standard InChI is InChI=1S/C17H18BrNO2/c18-16-3-1-2-13(10-16)8-9-17(21)19-11-14-4-6-15(12-20)7-5-14/h1-7,10,20H,8-9,11-12H2,(H,19,21). The van der Waals surface area contributed by atoms with Gasteiger partial charge in [-0.25, -0.2) is 0 Å². The summed E-state index contributed by atoms with van der Waals surface area (Å²) in [7, 11) is 0. The number of amides is 1. The summed E-state index contributed by atoms with van der Waals surface area (Å²) in [5.74, 6) is 0.0428. The van der Waals surface area contributed by atoms with Gasteiger partial charge in [-0.15, -0.1) is 0 Å². The second kappa shape index (κ2) is 7.96. The third kappa shape index (κ3) is 5.33. The van der Waals surface area contributed by atoms with E-state index in [1.807, 2.05) is 48.5 Å². The highest BCUT2D eigenvalue weighted by Crippen LogP contribution is 2.13. The van der Waals surface area contributed by atoms with E-state index in [-0.39, 0.29) is 12.5 Å². The molecule has 0 saturated carbocycles. The summed E-state index contributed by atoms with van der Waals surface area (Å²) < 4.78 is 1.03. The van der Waals surface area contributed by atoms with Gasteiger partial charge in [0, 0.05) is 17.4 Å². The number of aliphatic hydroxyl groups excluding tert-OH is 1. The first kappa shape index (κ1) is 15.7. The van der Waals surface area contributed by atoms with Gasteiger partial charge in [-0.05, 0) is 35.2 Å². The van der Waals surface area contributed by atoms with Gasteiger partial charge in [0.1, 0.15) is 0 Å². The molecule has 1 amide bonds. The van der Waals surface area contributed by atoms with E-state index in [4.69, 9.17) is 5.11 Å². The quantitative estimate of drug-likeness (QED) is 0.842. The molecule has 21 heavy (non-hydrogen) atoms. The fraction of sp³-hybridized carbons (Fsp3) is 0.235. The smallest absolute Gasteiger partial charge is 0.220 e. The van der Waals surface area contributed by atoms with Crippen molar-refractivity contribution in [1.29, 1.82) is 0 Å². The van der Waals surface area contributed by atoms with Crippen molar-refractivity contribution in [2.45, 2.75) is 26.0 Å². The van der Waals surface area contributed by atoms with Crippen molar-refractivity contribution in [2.75, 3.05) is 0 Å². The lowest BCUT2D eigenvalue weighted by atomic mass is 10.1. The van der Waals surface area contributed by atoms with Crippen molar-refractivity contribution in [3.63, 3.8) is 0 Å². The Morgan fingerprint density at radius 3 is 2.43 bits per heavy atom. The number of carbonyl (C=O) groups is 1. The van der Waals surface area contributed by atoms with Gasteiger partial charge in [-0.3, -0.25) is 4.79 Å². The van der Waals surface area contributed by atoms with E-state index in [0.29, 0.717) is 13.0 Å². The van der Waals surface area contributed by atoms with Crippen LogP contribution in [-0.4, -0.2) is 11.0 Å². The number of rotatable bonds is 6. The molecule has 110 valence electrons. The highest BCUT2D eigenvalue weighted by molar-refractivity contribution is 9.10. The molecule has 0 aliphatic heterocycles. The van der Waals surface area contributed by atoms with Crippen LogP contribution in [0.1, 0.15) is 23.1 Å². The molecular weight excluding hydrogens is 330 g/mol. The molecule has 0 bridgehead atoms. The zero-order valence-corrected chi connectivity index (χ0v) is 13.3. The molecule has 3 nitrogen and oxygen atoms in total. The molecule has 0 unspecified atom stereocenters. The van der Waals surface area contributed by atoms with Crippen molar-refractivity contribution in [3.05, 3.63) is 69.7 Å². The van der Waals surface area contributed by atoms with Gasteiger partial charge < -0.3 is 10.4 Å². The summed E-state index contributed by atoms with van der Waals surface area (Å²) in [4.78, 5) is 11.8. The van der Waals surface area contributed by atoms with E-state index in [9.17, 15) is 4.79 Å². The minimum atomic E-state index is 0.0409. The molecule has 0 atom stereocenters. The van der Waals surface area contributed by atoms with E-state index in [2.05, 4.69) is 21.2 Å². The highest BCUT2D eigenvalue weighted by atomic mass is 79.9. The SMILES string of the molecule is O=C(CCc1cccc(Br)c1)NCc1ccc(CO)cc1. The second-order valence-corrected chi connectivity index (χ2v) is 5.80. The Labute approximate surface area is 133 Å². The number of halogens is 1. The molecule has 2 rings (SSSR count). The van der Waals surface area contributed by atoms with Crippen molar-refractivity contribution in [3.8, 4) is 0 Å². The number of hydrogen-bond donors (Lipinski definition) is 2. The molecule has 0 aromatic heterocycles. The summed E-state index contributed by atoms with van der Waals surface area (Å²) in [5, 5.41) is 11.9. The Balaban J connectivity index is 1.76. The molecule has 0 aliphatic carbocycles. The summed E-state index contributed by atoms with van der Waals surface area (Å²) in [5.41, 5.74) is 3.05. The normalized spacial score (nSPS) is 10.4. The van der Waals surface area contributed by atoms with Gasteiger partial charge in [-0.1, -0.05) is 52.3 Å². The number of carbonyl (C=O) groups excluding carboxylic acids is 1. The third-order valence-electron chi connectivity index (χ3n) is 3.22. The number of aryl methyl sites for hydroxylation is 1. The Morgan fingerprint density at radius 2 is 1.76 bits per heavy atom. The van der Waals surface area contributed by atoms with E-state index < -0.39 is 0 Å². The average Bonchev–Trinajstić information content (AvgIpc) is 2.51. The van der Waals surface area contributed by atoms with Crippen LogP contribution in [0.25, 0.3) is 0 Å². The second-order valence-electron chi connectivity index (χ2n) is 4.88. The zero-order valence-electron chi connectivity index (χ0n) is 11.7. The summed E-state index contributed by atoms with van der Waals surface area (Å²) in [6.07, 6.45) is 1.21. The Morgan fingerprint density at radius 1 is 1.05 bits per heavy atom. The monoisotopic (exact) mass is 347 g/mol. The van der Waals surface area contributed by atoms with Crippen molar-refractivity contribution in [2.24, 2.45) is 0 Å². The van der Waals surface area contributed by atoms with Crippen LogP contribution in [0.5, 0.6) is 0 Å². The maximum absolute atomic E-state index is 11.8. The van der Waals surface area contributed by atoms with Gasteiger partial charge >= 0.3 is 0 Å². The van der Waals surface area contributed by atoms with E-state index in [0.717, 1.165) is 27.6 Å². The number of hydrogen-bond acceptors (Lipinski definition) is 2. The van der Waals surface area contributed by atoms with Gasteiger partial charge in [0.25, 0.3) is 0 Å². The van der Waals surface area contributed by atoms with Crippen LogP contribution >= 0.6 is 15.9 Å². The topological polar surface area (TPSA) is 49.3 Å². The largest absolute Gasteiger partial charge is 0.392 e. The molecule has 2 aromatic rings. The molecule has 0 spiro atoms. The highest BCUT2D eigenvalue weighted by Gasteiger charge is 2.03. The fourth-order valence-corrected chi connectivity index (χ4v) is 2.45. The first-order chi connectivity index (χ1) is 10.2. The van der Waals surface area contributed by atoms with Crippen LogP contribution in [0, 0.1) is 0 Å². The Hall–Kier alpha value is -1.65. The molecule has 0 radical (unpaired) electrons. The predicted octanol–water partition coefficient (Wildman–Crippen LogP) is 3.19. The zero-order chi connectivity index (χ0) is 15.1. The van der Waals surface area contributed by atoms with Crippen LogP contribution in [0.2, 0.25) is 0 Å². The summed E-state index contributed by atoms with van der Waals surface area (Å²) >= 11 is 3.42. The molecular formula is C17H18BrNO2. The van der Waals surface area contributed by atoms with Crippen LogP contribution in [0.4, 0.5) is 0 Å². The lowest BCUT2D eigenvalue weighted by molar-refractivity contribution is -0.121. The van der Waals surface area contributed by atoms with Crippen molar-refractivity contribution >= 4 is 21.8 Å². The average molecular weight is 348 g/mol. The van der Waals surface area contributed by atoms with Gasteiger partial charge in [0.2, 0.25) is 5.91 Å². The molecule has 0 fully saturated rings. The number of nitrogens with one attached hydrogen (secondary N) is 1. The number of aliphatic hydroxyl groups is 1. The van der Waals surface area contributed by atoms with Gasteiger partial charge in [-0.2, -0.15) is 0 Å². The van der Waals surface area contributed by atoms with Gasteiger partial charge in [0.05, 0.1) is 6.61 Å². The van der Waals surface area contributed by atoms with Crippen LogP contribution in [0.15, 0.2) is 53.0 Å². The van der Waals surface area contributed by atoms with Crippen LogP contribution in [-0.2, 0) is 24.4 Å². The van der Waals surface area contributed by atoms with E-state index >= 15 is 0 Å². The molecule has 0 aliphatic rings. The summed E-state index contributed by atoms with van der Waals surface area (Å²) in [6, 6.07) is 15.6. The van der Waals surface area contributed by atoms with Crippen LogP contribution in [0.3, 0.4) is 0 Å². The van der Waals surface area contributed by atoms with Gasteiger partial charge in [0.15, 0.2) is 0 Å². The molecule has 0 heterocycles. The fourth-order valence-electron chi connectivity index (χ4n) is 2.00. The molecule has 2 N–H and O–H groups in total. The predicted molar refractivity (Wildman–Crippen MR) is 86.7 cm³/mol. The van der Waals surface area contributed by atoms with Crippen LogP contribution < -0.4 is 5.32 Å². The van der Waals surface area contributed by atoms with E-state index in [1.54, 1.807) is 0 Å². The maximum atomic E-state index is 11.8. The molecule has 4 heteroatoms. The Kier molecular flexibility index (Phi) is 5.96. The van der Waals surface area contributed by atoms with Crippen molar-refractivity contribution < 1.29 is 9.90 Å². The minimum absolute atomic E-state index is 0.0409. The number of benzene rings is 2. The summed E-state index contributed by atoms with van der Waals surface area (Å²) in [6.45, 7) is 0.558. The molecule has 0 saturated heterocycles. The van der Waals surface area contributed by atoms with E-state index in [1.165, 1.54) is 0 Å². The molecule has 2 aromatic carbocycles. The third-order valence-corrected chi connectivity index (χ3v) is 3.72. The lowest BCUT2D eigenvalue weighted by Gasteiger charge is -2.06. The van der Waals surface area contributed by atoms with Crippen molar-refractivity contribution in [1.82, 2.24) is 5.32 Å².